The van der Waals surface area contributed by atoms with Crippen LogP contribution in [-0.2, 0) is 32.6 Å². The highest BCUT2D eigenvalue weighted by Crippen LogP contribution is 2.27. The van der Waals surface area contributed by atoms with Crippen molar-refractivity contribution in [2.75, 3.05) is 24.5 Å². The Morgan fingerprint density at radius 2 is 1.53 bits per heavy atom. The maximum Gasteiger partial charge on any atom is 0.264 e. The molecule has 0 fully saturated rings. The van der Waals surface area contributed by atoms with Crippen molar-refractivity contribution in [3.05, 3.63) is 125 Å². The SMILES string of the molecule is CCCNC(=O)[C@@H](Cc1ccccc1)N(Cc1ccc(Br)cc1)C(=O)CN(c1ccc(F)cc1)S(=O)(=O)c1ccc(OC)cc1. The largest absolute Gasteiger partial charge is 0.497 e. The van der Waals surface area contributed by atoms with Gasteiger partial charge in [-0.15, -0.1) is 0 Å². The number of halogens is 2. The third kappa shape index (κ3) is 8.92. The number of nitrogens with zero attached hydrogens (tertiary/aromatic N) is 2. The Labute approximate surface area is 272 Å². The molecule has 0 spiro atoms. The molecule has 0 aromatic heterocycles. The predicted octanol–water partition coefficient (Wildman–Crippen LogP) is 5.96. The standard InChI is InChI=1S/C34H35BrFN3O5S/c1-3-21-37-34(41)32(22-25-7-5-4-6-8-25)38(23-26-9-11-27(35)12-10-26)33(40)24-39(29-15-13-28(36)14-16-29)45(42,43)31-19-17-30(44-2)18-20-31/h4-20,32H,3,21-24H2,1-2H3,(H,37,41)/t32-/m1/s1. The number of anilines is 1. The minimum Gasteiger partial charge on any atom is -0.497 e. The van der Waals surface area contributed by atoms with Crippen LogP contribution in [0, 0.1) is 5.82 Å². The first kappa shape index (κ1) is 33.7. The molecule has 4 aromatic rings. The van der Waals surface area contributed by atoms with Crippen LogP contribution in [0.3, 0.4) is 0 Å². The van der Waals surface area contributed by atoms with Crippen LogP contribution in [0.2, 0.25) is 0 Å². The highest BCUT2D eigenvalue weighted by Gasteiger charge is 2.34. The van der Waals surface area contributed by atoms with Crippen LogP contribution in [0.5, 0.6) is 5.75 Å². The normalized spacial score (nSPS) is 11.8. The number of carbonyl (C=O) groups is 2. The van der Waals surface area contributed by atoms with E-state index in [1.807, 2.05) is 61.5 Å². The Kier molecular flexibility index (Phi) is 11.7. The first-order valence-electron chi connectivity index (χ1n) is 14.4. The van der Waals surface area contributed by atoms with Crippen molar-refractivity contribution in [1.82, 2.24) is 10.2 Å². The minimum absolute atomic E-state index is 0.0446. The summed E-state index contributed by atoms with van der Waals surface area (Å²) in [5.41, 5.74) is 1.68. The number of hydrogen-bond acceptors (Lipinski definition) is 5. The molecule has 11 heteroatoms. The van der Waals surface area contributed by atoms with Gasteiger partial charge < -0.3 is 15.0 Å². The number of methoxy groups -OCH3 is 1. The molecule has 4 aromatic carbocycles. The van der Waals surface area contributed by atoms with Gasteiger partial charge in [0.15, 0.2) is 0 Å². The highest BCUT2D eigenvalue weighted by molar-refractivity contribution is 9.10. The van der Waals surface area contributed by atoms with E-state index < -0.39 is 34.3 Å². The molecule has 1 N–H and O–H groups in total. The quantitative estimate of drug-likeness (QED) is 0.176. The first-order valence-corrected chi connectivity index (χ1v) is 16.6. The van der Waals surface area contributed by atoms with E-state index >= 15 is 0 Å². The zero-order valence-electron chi connectivity index (χ0n) is 25.0. The first-order chi connectivity index (χ1) is 21.6. The average molecular weight is 697 g/mol. The number of rotatable bonds is 14. The summed E-state index contributed by atoms with van der Waals surface area (Å²) >= 11 is 3.43. The number of ether oxygens (including phenoxy) is 1. The van der Waals surface area contributed by atoms with Gasteiger partial charge >= 0.3 is 0 Å². The molecule has 0 saturated heterocycles. The summed E-state index contributed by atoms with van der Waals surface area (Å²) in [6.07, 6.45) is 0.906. The van der Waals surface area contributed by atoms with Crippen molar-refractivity contribution in [3.63, 3.8) is 0 Å². The van der Waals surface area contributed by atoms with E-state index in [1.54, 1.807) is 0 Å². The number of carbonyl (C=O) groups excluding carboxylic acids is 2. The molecule has 8 nitrogen and oxygen atoms in total. The summed E-state index contributed by atoms with van der Waals surface area (Å²) in [5, 5.41) is 2.92. The zero-order valence-corrected chi connectivity index (χ0v) is 27.4. The Morgan fingerprint density at radius 3 is 2.13 bits per heavy atom. The molecule has 2 amide bonds. The third-order valence-electron chi connectivity index (χ3n) is 7.13. The second kappa shape index (κ2) is 15.7. The van der Waals surface area contributed by atoms with E-state index in [2.05, 4.69) is 21.2 Å². The fourth-order valence-corrected chi connectivity index (χ4v) is 6.40. The van der Waals surface area contributed by atoms with Crippen LogP contribution in [0.1, 0.15) is 24.5 Å². The number of benzene rings is 4. The van der Waals surface area contributed by atoms with Gasteiger partial charge in [0.1, 0.15) is 24.2 Å². The van der Waals surface area contributed by atoms with Crippen LogP contribution in [0.4, 0.5) is 10.1 Å². The lowest BCUT2D eigenvalue weighted by Crippen LogP contribution is -2.53. The van der Waals surface area contributed by atoms with Gasteiger partial charge in [0, 0.05) is 24.0 Å². The van der Waals surface area contributed by atoms with Crippen LogP contribution >= 0.6 is 15.9 Å². The second-order valence-electron chi connectivity index (χ2n) is 10.3. The van der Waals surface area contributed by atoms with Gasteiger partial charge in [-0.05, 0) is 78.2 Å². The van der Waals surface area contributed by atoms with Crippen LogP contribution < -0.4 is 14.4 Å². The fourth-order valence-electron chi connectivity index (χ4n) is 4.72. The molecule has 0 aliphatic rings. The maximum atomic E-state index is 14.4. The monoisotopic (exact) mass is 695 g/mol. The summed E-state index contributed by atoms with van der Waals surface area (Å²) in [6.45, 7) is 1.76. The lowest BCUT2D eigenvalue weighted by atomic mass is 10.0. The van der Waals surface area contributed by atoms with Gasteiger partial charge in [-0.2, -0.15) is 0 Å². The molecule has 1 atom stereocenters. The Balaban J connectivity index is 1.78. The van der Waals surface area contributed by atoms with Crippen molar-refractivity contribution in [1.29, 1.82) is 0 Å². The molecule has 0 heterocycles. The number of sulfonamides is 1. The number of hydrogen-bond donors (Lipinski definition) is 1. The summed E-state index contributed by atoms with van der Waals surface area (Å²) in [6, 6.07) is 26.4. The summed E-state index contributed by atoms with van der Waals surface area (Å²) in [4.78, 5) is 29.4. The average Bonchev–Trinajstić information content (AvgIpc) is 3.05. The van der Waals surface area contributed by atoms with Gasteiger partial charge in [-0.25, -0.2) is 12.8 Å². The predicted molar refractivity (Wildman–Crippen MR) is 176 cm³/mol. The van der Waals surface area contributed by atoms with E-state index in [0.717, 1.165) is 32.0 Å². The molecule has 0 saturated carbocycles. The molecule has 236 valence electrons. The topological polar surface area (TPSA) is 96.0 Å². The fraction of sp³-hybridized carbons (Fsp3) is 0.235. The molecule has 45 heavy (non-hydrogen) atoms. The van der Waals surface area contributed by atoms with E-state index in [1.165, 1.54) is 48.4 Å². The molecule has 0 aliphatic heterocycles. The molecule has 0 radical (unpaired) electrons. The van der Waals surface area contributed by atoms with Crippen molar-refractivity contribution in [2.24, 2.45) is 0 Å². The summed E-state index contributed by atoms with van der Waals surface area (Å²) < 4.78 is 49.0. The lowest BCUT2D eigenvalue weighted by molar-refractivity contribution is -0.140. The molecule has 0 unspecified atom stereocenters. The molecule has 4 rings (SSSR count). The van der Waals surface area contributed by atoms with Crippen molar-refractivity contribution < 1.29 is 27.1 Å². The molecular formula is C34H35BrFN3O5S. The van der Waals surface area contributed by atoms with Crippen LogP contribution in [0.25, 0.3) is 0 Å². The van der Waals surface area contributed by atoms with Gasteiger partial charge in [-0.1, -0.05) is 65.3 Å². The summed E-state index contributed by atoms with van der Waals surface area (Å²) in [5.74, 6) is -1.05. The smallest absolute Gasteiger partial charge is 0.264 e. The highest BCUT2D eigenvalue weighted by atomic mass is 79.9. The molecule has 0 bridgehead atoms. The lowest BCUT2D eigenvalue weighted by Gasteiger charge is -2.34. The van der Waals surface area contributed by atoms with Gasteiger partial charge in [-0.3, -0.25) is 13.9 Å². The Bertz CT molecular complexity index is 1670. The van der Waals surface area contributed by atoms with Crippen molar-refractivity contribution in [2.45, 2.75) is 37.2 Å². The maximum absolute atomic E-state index is 14.4. The molecule has 0 aliphatic carbocycles. The van der Waals surface area contributed by atoms with E-state index in [0.29, 0.717) is 18.7 Å². The van der Waals surface area contributed by atoms with Crippen LogP contribution in [0.15, 0.2) is 112 Å². The third-order valence-corrected chi connectivity index (χ3v) is 9.44. The van der Waals surface area contributed by atoms with Gasteiger partial charge in [0.2, 0.25) is 11.8 Å². The summed E-state index contributed by atoms with van der Waals surface area (Å²) in [7, 11) is -2.85. The van der Waals surface area contributed by atoms with E-state index in [9.17, 15) is 22.4 Å². The number of amides is 2. The second-order valence-corrected chi connectivity index (χ2v) is 13.1. The van der Waals surface area contributed by atoms with Crippen molar-refractivity contribution >= 4 is 43.5 Å². The number of nitrogens with one attached hydrogen (secondary N) is 1. The zero-order chi connectivity index (χ0) is 32.4. The van der Waals surface area contributed by atoms with Crippen molar-refractivity contribution in [3.8, 4) is 5.75 Å². The molecular weight excluding hydrogens is 661 g/mol. The Morgan fingerprint density at radius 1 is 0.889 bits per heavy atom. The van der Waals surface area contributed by atoms with Crippen LogP contribution in [-0.4, -0.2) is 51.4 Å². The van der Waals surface area contributed by atoms with Gasteiger partial charge in [0.25, 0.3) is 10.0 Å². The minimum atomic E-state index is -4.32. The Hall–Kier alpha value is -4.22. The van der Waals surface area contributed by atoms with E-state index in [-0.39, 0.29) is 29.5 Å². The van der Waals surface area contributed by atoms with Gasteiger partial charge in [0.05, 0.1) is 17.7 Å². The van der Waals surface area contributed by atoms with E-state index in [4.69, 9.17) is 4.74 Å².